The van der Waals surface area contributed by atoms with E-state index in [0.717, 1.165) is 11.1 Å². The predicted molar refractivity (Wildman–Crippen MR) is 105 cm³/mol. The zero-order valence-electron chi connectivity index (χ0n) is 15.3. The van der Waals surface area contributed by atoms with Crippen LogP contribution in [0.1, 0.15) is 22.8 Å². The summed E-state index contributed by atoms with van der Waals surface area (Å²) in [5.74, 6) is -0.772. The minimum atomic E-state index is -4.15. The molecule has 1 atom stereocenters. The molecular formula is C22H20O5S. The Kier molecular flexibility index (Phi) is 6.23. The van der Waals surface area contributed by atoms with Crippen LogP contribution in [0.2, 0.25) is 0 Å². The van der Waals surface area contributed by atoms with Crippen LogP contribution in [0.4, 0.5) is 0 Å². The molecule has 0 radical (unpaired) electrons. The summed E-state index contributed by atoms with van der Waals surface area (Å²) in [6.07, 6.45) is -1.39. The molecule has 3 rings (SSSR count). The van der Waals surface area contributed by atoms with E-state index in [1.807, 2.05) is 37.3 Å². The zero-order valence-corrected chi connectivity index (χ0v) is 16.1. The Bertz CT molecular complexity index is 1010. The first kappa shape index (κ1) is 19.8. The van der Waals surface area contributed by atoms with E-state index in [4.69, 9.17) is 8.92 Å². The summed E-state index contributed by atoms with van der Waals surface area (Å²) < 4.78 is 36.0. The topological polar surface area (TPSA) is 69.7 Å². The van der Waals surface area contributed by atoms with Gasteiger partial charge in [0, 0.05) is 0 Å². The first-order valence-corrected chi connectivity index (χ1v) is 10.1. The first-order chi connectivity index (χ1) is 13.5. The van der Waals surface area contributed by atoms with Crippen LogP contribution in [0, 0.1) is 6.92 Å². The highest BCUT2D eigenvalue weighted by Gasteiger charge is 2.30. The van der Waals surface area contributed by atoms with Crippen LogP contribution < -0.4 is 0 Å². The molecule has 3 aromatic rings. The van der Waals surface area contributed by atoms with E-state index in [1.165, 1.54) is 12.1 Å². The van der Waals surface area contributed by atoms with E-state index in [1.54, 1.807) is 42.5 Å². The molecule has 28 heavy (non-hydrogen) atoms. The fourth-order valence-electron chi connectivity index (χ4n) is 2.55. The molecule has 0 bridgehead atoms. The molecule has 0 aliphatic rings. The van der Waals surface area contributed by atoms with Gasteiger partial charge in [0.2, 0.25) is 0 Å². The molecule has 3 aromatic carbocycles. The lowest BCUT2D eigenvalue weighted by molar-refractivity contribution is -0.153. The second-order valence-electron chi connectivity index (χ2n) is 6.25. The van der Waals surface area contributed by atoms with Crippen LogP contribution in [0.25, 0.3) is 0 Å². The molecule has 144 valence electrons. The molecule has 0 amide bonds. The summed E-state index contributed by atoms with van der Waals surface area (Å²) >= 11 is 0. The number of rotatable bonds is 7. The van der Waals surface area contributed by atoms with E-state index < -0.39 is 22.2 Å². The third-order valence-electron chi connectivity index (χ3n) is 4.07. The van der Waals surface area contributed by atoms with Gasteiger partial charge in [0.05, 0.1) is 4.90 Å². The monoisotopic (exact) mass is 396 g/mol. The van der Waals surface area contributed by atoms with Gasteiger partial charge >= 0.3 is 5.97 Å². The molecule has 0 aromatic heterocycles. The smallest absolute Gasteiger partial charge is 0.341 e. The Balaban J connectivity index is 1.83. The summed E-state index contributed by atoms with van der Waals surface area (Å²) in [4.78, 5) is 12.6. The van der Waals surface area contributed by atoms with Gasteiger partial charge in [0.15, 0.2) is 6.10 Å². The molecule has 6 heteroatoms. The number of carbonyl (C=O) groups is 1. The van der Waals surface area contributed by atoms with Crippen LogP contribution in [0.15, 0.2) is 89.8 Å². The molecule has 0 saturated heterocycles. The van der Waals surface area contributed by atoms with E-state index in [9.17, 15) is 13.2 Å². The first-order valence-electron chi connectivity index (χ1n) is 8.71. The summed E-state index contributed by atoms with van der Waals surface area (Å²) in [5, 5.41) is 0. The van der Waals surface area contributed by atoms with Crippen molar-refractivity contribution in [3.8, 4) is 0 Å². The highest BCUT2D eigenvalue weighted by molar-refractivity contribution is 7.86. The van der Waals surface area contributed by atoms with Crippen molar-refractivity contribution in [1.29, 1.82) is 0 Å². The van der Waals surface area contributed by atoms with Crippen molar-refractivity contribution in [2.75, 3.05) is 0 Å². The highest BCUT2D eigenvalue weighted by Crippen LogP contribution is 2.26. The molecule has 0 N–H and O–H groups in total. The van der Waals surface area contributed by atoms with Crippen molar-refractivity contribution >= 4 is 16.1 Å². The van der Waals surface area contributed by atoms with E-state index in [2.05, 4.69) is 0 Å². The van der Waals surface area contributed by atoms with Gasteiger partial charge in [0.1, 0.15) is 6.61 Å². The highest BCUT2D eigenvalue weighted by atomic mass is 32.2. The summed E-state index contributed by atoms with van der Waals surface area (Å²) in [6.45, 7) is 1.88. The normalized spacial score (nSPS) is 12.3. The molecule has 0 aliphatic carbocycles. The van der Waals surface area contributed by atoms with Gasteiger partial charge in [-0.15, -0.1) is 0 Å². The zero-order chi connectivity index (χ0) is 20.0. The third kappa shape index (κ3) is 5.06. The summed E-state index contributed by atoms with van der Waals surface area (Å²) in [7, 11) is -4.15. The Morgan fingerprint density at radius 2 is 1.43 bits per heavy atom. The van der Waals surface area contributed by atoms with Gasteiger partial charge in [0.25, 0.3) is 10.1 Å². The third-order valence-corrected chi connectivity index (χ3v) is 5.37. The van der Waals surface area contributed by atoms with Crippen molar-refractivity contribution in [3.05, 3.63) is 102 Å². The molecule has 5 nitrogen and oxygen atoms in total. The molecular weight excluding hydrogens is 376 g/mol. The average molecular weight is 396 g/mol. The van der Waals surface area contributed by atoms with Gasteiger partial charge in [-0.25, -0.2) is 8.98 Å². The van der Waals surface area contributed by atoms with Crippen molar-refractivity contribution < 1.29 is 22.1 Å². The summed E-state index contributed by atoms with van der Waals surface area (Å²) in [5.41, 5.74) is 2.11. The fourth-order valence-corrected chi connectivity index (χ4v) is 3.57. The van der Waals surface area contributed by atoms with Crippen LogP contribution >= 0.6 is 0 Å². The number of aryl methyl sites for hydroxylation is 1. The summed E-state index contributed by atoms with van der Waals surface area (Å²) in [6, 6.07) is 23.8. The molecule has 0 fully saturated rings. The second-order valence-corrected chi connectivity index (χ2v) is 7.82. The Morgan fingerprint density at radius 1 is 0.857 bits per heavy atom. The number of benzene rings is 3. The van der Waals surface area contributed by atoms with Crippen molar-refractivity contribution in [1.82, 2.24) is 0 Å². The average Bonchev–Trinajstić information content (AvgIpc) is 2.72. The van der Waals surface area contributed by atoms with Crippen LogP contribution in [-0.2, 0) is 30.4 Å². The van der Waals surface area contributed by atoms with Crippen molar-refractivity contribution in [2.45, 2.75) is 24.5 Å². The van der Waals surface area contributed by atoms with Gasteiger partial charge in [-0.05, 0) is 30.2 Å². The van der Waals surface area contributed by atoms with E-state index in [0.29, 0.717) is 5.56 Å². The lowest BCUT2D eigenvalue weighted by Crippen LogP contribution is -2.22. The maximum absolute atomic E-state index is 12.7. The number of hydrogen-bond acceptors (Lipinski definition) is 5. The number of esters is 1. The molecule has 0 unspecified atom stereocenters. The van der Waals surface area contributed by atoms with Gasteiger partial charge in [-0.2, -0.15) is 8.42 Å². The van der Waals surface area contributed by atoms with Gasteiger partial charge in [-0.1, -0.05) is 78.4 Å². The SMILES string of the molecule is Cc1ccc(S(=O)(=O)O[C@@H](C(=O)OCc2ccccc2)c2ccccc2)cc1. The number of carbonyl (C=O) groups excluding carboxylic acids is 1. The number of ether oxygens (including phenoxy) is 1. The van der Waals surface area contributed by atoms with Crippen molar-refractivity contribution in [2.24, 2.45) is 0 Å². The van der Waals surface area contributed by atoms with E-state index >= 15 is 0 Å². The quantitative estimate of drug-likeness (QED) is 0.442. The minimum absolute atomic E-state index is 0.0186. The molecule has 0 aliphatic heterocycles. The minimum Gasteiger partial charge on any atom is -0.459 e. The fraction of sp³-hybridized carbons (Fsp3) is 0.136. The maximum Gasteiger partial charge on any atom is 0.341 e. The standard InChI is InChI=1S/C22H20O5S/c1-17-12-14-20(15-13-17)28(24,25)27-21(19-10-6-3-7-11-19)22(23)26-16-18-8-4-2-5-9-18/h2-15,21H,16H2,1H3/t21-/m1/s1. The lowest BCUT2D eigenvalue weighted by Gasteiger charge is -2.17. The van der Waals surface area contributed by atoms with E-state index in [-0.39, 0.29) is 11.5 Å². The van der Waals surface area contributed by atoms with Crippen LogP contribution in [-0.4, -0.2) is 14.4 Å². The molecule has 0 heterocycles. The Hall–Kier alpha value is -2.96. The van der Waals surface area contributed by atoms with Crippen LogP contribution in [0.3, 0.4) is 0 Å². The second kappa shape index (κ2) is 8.82. The predicted octanol–water partition coefficient (Wildman–Crippen LogP) is 4.19. The van der Waals surface area contributed by atoms with Crippen molar-refractivity contribution in [3.63, 3.8) is 0 Å². The lowest BCUT2D eigenvalue weighted by atomic mass is 10.1. The van der Waals surface area contributed by atoms with Gasteiger partial charge < -0.3 is 4.74 Å². The molecule has 0 saturated carbocycles. The number of hydrogen-bond donors (Lipinski definition) is 0. The Morgan fingerprint density at radius 3 is 2.04 bits per heavy atom. The van der Waals surface area contributed by atoms with Gasteiger partial charge in [-0.3, -0.25) is 0 Å². The largest absolute Gasteiger partial charge is 0.459 e. The maximum atomic E-state index is 12.7. The van der Waals surface area contributed by atoms with Crippen LogP contribution in [0.5, 0.6) is 0 Å². The Labute approximate surface area is 164 Å². The molecule has 0 spiro atoms.